The van der Waals surface area contributed by atoms with E-state index in [4.69, 9.17) is 0 Å². The van der Waals surface area contributed by atoms with Gasteiger partial charge in [0.1, 0.15) is 0 Å². The fourth-order valence-corrected chi connectivity index (χ4v) is 4.21. The average Bonchev–Trinajstić information content (AvgIpc) is 3.22. The Bertz CT molecular complexity index is 1490. The predicted molar refractivity (Wildman–Crippen MR) is 130 cm³/mol. The highest BCUT2D eigenvalue weighted by Crippen LogP contribution is 2.34. The summed E-state index contributed by atoms with van der Waals surface area (Å²) in [5.41, 5.74) is 6.72. The Morgan fingerprint density at radius 2 is 1.36 bits per heavy atom. The number of aryl methyl sites for hydroxylation is 1. The normalized spacial score (nSPS) is 10.9. The molecule has 0 amide bonds. The van der Waals surface area contributed by atoms with Crippen molar-refractivity contribution in [1.29, 1.82) is 0 Å². The Hall–Kier alpha value is -4.51. The van der Waals surface area contributed by atoms with Crippen LogP contribution in [0.3, 0.4) is 0 Å². The molecule has 0 N–H and O–H groups in total. The number of carbonyl (C=O) groups excluding carboxylic acids is 1. The summed E-state index contributed by atoms with van der Waals surface area (Å²) < 4.78 is 1.99. The van der Waals surface area contributed by atoms with Gasteiger partial charge >= 0.3 is 0 Å². The third-order valence-electron chi connectivity index (χ3n) is 5.85. The van der Waals surface area contributed by atoms with Gasteiger partial charge in [0, 0.05) is 35.7 Å². The van der Waals surface area contributed by atoms with Crippen LogP contribution in [0, 0.1) is 17.0 Å². The zero-order valence-electron chi connectivity index (χ0n) is 17.9. The van der Waals surface area contributed by atoms with Crippen LogP contribution in [0.25, 0.3) is 27.8 Å². The van der Waals surface area contributed by atoms with Crippen molar-refractivity contribution in [3.63, 3.8) is 0 Å². The van der Waals surface area contributed by atoms with E-state index in [9.17, 15) is 14.9 Å². The van der Waals surface area contributed by atoms with E-state index in [-0.39, 0.29) is 11.5 Å². The van der Waals surface area contributed by atoms with Crippen molar-refractivity contribution in [1.82, 2.24) is 4.40 Å². The summed E-state index contributed by atoms with van der Waals surface area (Å²) in [5.74, 6) is -0.172. The molecule has 0 radical (unpaired) electrons. The molecule has 3 aromatic carbocycles. The topological polar surface area (TPSA) is 64.6 Å². The molecular formula is C28H20N2O3. The molecule has 2 aromatic heterocycles. The second-order valence-corrected chi connectivity index (χ2v) is 7.95. The second kappa shape index (κ2) is 8.20. The van der Waals surface area contributed by atoms with Crippen LogP contribution < -0.4 is 0 Å². The van der Waals surface area contributed by atoms with Gasteiger partial charge in [0.25, 0.3) is 5.69 Å². The fourth-order valence-electron chi connectivity index (χ4n) is 4.21. The number of nitro benzene ring substituents is 1. The summed E-state index contributed by atoms with van der Waals surface area (Å²) in [7, 11) is 0. The van der Waals surface area contributed by atoms with Crippen LogP contribution in [-0.2, 0) is 0 Å². The third-order valence-corrected chi connectivity index (χ3v) is 5.85. The van der Waals surface area contributed by atoms with Crippen LogP contribution in [0.4, 0.5) is 5.69 Å². The van der Waals surface area contributed by atoms with Crippen molar-refractivity contribution >= 4 is 17.0 Å². The molecule has 5 heteroatoms. The van der Waals surface area contributed by atoms with Gasteiger partial charge in [0.05, 0.1) is 16.0 Å². The molecule has 0 aliphatic rings. The minimum absolute atomic E-state index is 0.0430. The molecule has 2 heterocycles. The average molecular weight is 432 g/mol. The van der Waals surface area contributed by atoms with Crippen LogP contribution in [-0.4, -0.2) is 15.1 Å². The lowest BCUT2D eigenvalue weighted by Crippen LogP contribution is -2.03. The molecule has 0 saturated heterocycles. The zero-order valence-corrected chi connectivity index (χ0v) is 17.9. The van der Waals surface area contributed by atoms with E-state index in [0.29, 0.717) is 11.1 Å². The van der Waals surface area contributed by atoms with Crippen molar-refractivity contribution in [3.8, 4) is 22.3 Å². The van der Waals surface area contributed by atoms with Gasteiger partial charge in [-0.2, -0.15) is 0 Å². The number of nitrogens with zero attached hydrogens (tertiary/aromatic N) is 2. The molecule has 5 aromatic rings. The second-order valence-electron chi connectivity index (χ2n) is 7.95. The van der Waals surface area contributed by atoms with Crippen molar-refractivity contribution in [2.75, 3.05) is 0 Å². The number of carbonyl (C=O) groups is 1. The number of ketones is 1. The lowest BCUT2D eigenvalue weighted by Gasteiger charge is -2.09. The largest absolute Gasteiger partial charge is 0.322 e. The van der Waals surface area contributed by atoms with Gasteiger partial charge in [0.2, 0.25) is 0 Å². The lowest BCUT2D eigenvalue weighted by atomic mass is 9.95. The standard InChI is InChI=1S/C28H20N2O3/c1-19-17-29-18-25(21-10-6-3-7-11-21)27(26(29)16-24(19)20-8-4-2-5-9-20)28(31)22-12-14-23(15-13-22)30(32)33/h2-18H,1H3. The van der Waals surface area contributed by atoms with Gasteiger partial charge in [-0.1, -0.05) is 60.7 Å². The molecule has 33 heavy (non-hydrogen) atoms. The third kappa shape index (κ3) is 3.70. The quantitative estimate of drug-likeness (QED) is 0.176. The van der Waals surface area contributed by atoms with Gasteiger partial charge in [-0.15, -0.1) is 0 Å². The molecule has 0 atom stereocenters. The van der Waals surface area contributed by atoms with Crippen LogP contribution in [0.2, 0.25) is 0 Å². The molecule has 0 aliphatic heterocycles. The SMILES string of the molecule is Cc1cn2cc(-c3ccccc3)c(C(=O)c3ccc([N+](=O)[O-])cc3)c2cc1-c1ccccc1. The first-order valence-electron chi connectivity index (χ1n) is 10.6. The van der Waals surface area contributed by atoms with Gasteiger partial charge in [-0.05, 0) is 47.4 Å². The Morgan fingerprint density at radius 1 is 0.788 bits per heavy atom. The van der Waals surface area contributed by atoms with Crippen LogP contribution >= 0.6 is 0 Å². The number of fused-ring (bicyclic) bond motifs is 1. The van der Waals surface area contributed by atoms with Crippen molar-refractivity contribution in [2.24, 2.45) is 0 Å². The van der Waals surface area contributed by atoms with Crippen LogP contribution in [0.5, 0.6) is 0 Å². The predicted octanol–water partition coefficient (Wildman–Crippen LogP) is 6.72. The molecular weight excluding hydrogens is 412 g/mol. The fraction of sp³-hybridized carbons (Fsp3) is 0.0357. The summed E-state index contributed by atoms with van der Waals surface area (Å²) in [6, 6.07) is 27.7. The van der Waals surface area contributed by atoms with Crippen LogP contribution in [0.15, 0.2) is 103 Å². The Kier molecular flexibility index (Phi) is 5.07. The highest BCUT2D eigenvalue weighted by molar-refractivity contribution is 6.17. The Labute approximate surface area is 190 Å². The van der Waals surface area contributed by atoms with Crippen LogP contribution in [0.1, 0.15) is 21.5 Å². The van der Waals surface area contributed by atoms with Crippen molar-refractivity contribution in [3.05, 3.63) is 130 Å². The molecule has 0 bridgehead atoms. The highest BCUT2D eigenvalue weighted by atomic mass is 16.6. The molecule has 0 saturated carbocycles. The van der Waals surface area contributed by atoms with E-state index in [1.165, 1.54) is 24.3 Å². The number of non-ortho nitro benzene ring substituents is 1. The number of hydrogen-bond acceptors (Lipinski definition) is 3. The molecule has 0 spiro atoms. The summed E-state index contributed by atoms with van der Waals surface area (Å²) in [4.78, 5) is 24.3. The Morgan fingerprint density at radius 3 is 1.94 bits per heavy atom. The van der Waals surface area contributed by atoms with Gasteiger partial charge < -0.3 is 4.40 Å². The maximum atomic E-state index is 13.7. The van der Waals surface area contributed by atoms with E-state index in [1.807, 2.05) is 65.3 Å². The molecule has 160 valence electrons. The Balaban J connectivity index is 1.75. The minimum atomic E-state index is -0.466. The number of hydrogen-bond donors (Lipinski definition) is 0. The smallest absolute Gasteiger partial charge is 0.269 e. The summed E-state index contributed by atoms with van der Waals surface area (Å²) in [6.07, 6.45) is 4.02. The number of benzene rings is 3. The number of rotatable bonds is 5. The van der Waals surface area contributed by atoms with E-state index < -0.39 is 4.92 Å². The summed E-state index contributed by atoms with van der Waals surface area (Å²) in [6.45, 7) is 2.06. The summed E-state index contributed by atoms with van der Waals surface area (Å²) >= 11 is 0. The molecule has 0 aliphatic carbocycles. The first kappa shape index (κ1) is 20.4. The first-order chi connectivity index (χ1) is 16.0. The van der Waals surface area contributed by atoms with Crippen molar-refractivity contribution < 1.29 is 9.72 Å². The van der Waals surface area contributed by atoms with E-state index in [0.717, 1.165) is 33.3 Å². The zero-order chi connectivity index (χ0) is 22.9. The number of aromatic nitrogens is 1. The molecule has 0 fully saturated rings. The van der Waals surface area contributed by atoms with E-state index >= 15 is 0 Å². The maximum Gasteiger partial charge on any atom is 0.269 e. The monoisotopic (exact) mass is 432 g/mol. The number of nitro groups is 1. The van der Waals surface area contributed by atoms with E-state index in [2.05, 4.69) is 25.1 Å². The van der Waals surface area contributed by atoms with E-state index in [1.54, 1.807) is 0 Å². The van der Waals surface area contributed by atoms with Gasteiger partial charge in [-0.3, -0.25) is 14.9 Å². The van der Waals surface area contributed by atoms with Gasteiger partial charge in [-0.25, -0.2) is 0 Å². The number of pyridine rings is 1. The molecule has 5 nitrogen and oxygen atoms in total. The minimum Gasteiger partial charge on any atom is -0.322 e. The molecule has 5 rings (SSSR count). The summed E-state index contributed by atoms with van der Waals surface area (Å²) in [5, 5.41) is 11.0. The van der Waals surface area contributed by atoms with Crippen molar-refractivity contribution in [2.45, 2.75) is 6.92 Å². The highest BCUT2D eigenvalue weighted by Gasteiger charge is 2.22. The maximum absolute atomic E-state index is 13.7. The lowest BCUT2D eigenvalue weighted by molar-refractivity contribution is -0.384. The van der Waals surface area contributed by atoms with Gasteiger partial charge in [0.15, 0.2) is 5.78 Å². The molecule has 0 unspecified atom stereocenters. The first-order valence-corrected chi connectivity index (χ1v) is 10.6.